The molecule has 0 amide bonds. The first-order chi connectivity index (χ1) is 25.1. The third-order valence-corrected chi connectivity index (χ3v) is 18.3. The fraction of sp³-hybridized carbons (Fsp3) is 0.939. The Balaban J connectivity index is 1.23. The van der Waals surface area contributed by atoms with Gasteiger partial charge in [-0.15, -0.1) is 0 Å². The van der Waals surface area contributed by atoms with Crippen molar-refractivity contribution < 1.29 is 19.7 Å². The summed E-state index contributed by atoms with van der Waals surface area (Å²) >= 11 is 0. The van der Waals surface area contributed by atoms with Gasteiger partial charge in [0.1, 0.15) is 11.7 Å². The van der Waals surface area contributed by atoms with Crippen LogP contribution in [0, 0.1) is 56.7 Å². The lowest BCUT2D eigenvalue weighted by molar-refractivity contribution is -0.246. The van der Waals surface area contributed by atoms with Gasteiger partial charge in [0.25, 0.3) is 0 Å². The number of fused-ring (bicyclic) bond motifs is 7. The molecule has 0 spiro atoms. The number of allylic oxidation sites excluding steroid dienone is 2. The molecule has 4 nitrogen and oxygen atoms in total. The van der Waals surface area contributed by atoms with Crippen LogP contribution in [0.3, 0.4) is 0 Å². The smallest absolute Gasteiger partial charge is 0.195 e. The van der Waals surface area contributed by atoms with Crippen LogP contribution in [0.1, 0.15) is 210 Å². The highest BCUT2D eigenvalue weighted by atomic mass is 16.5. The van der Waals surface area contributed by atoms with Crippen molar-refractivity contribution in [3.05, 3.63) is 11.6 Å². The van der Waals surface area contributed by atoms with Crippen LogP contribution in [0.4, 0.5) is 0 Å². The summed E-state index contributed by atoms with van der Waals surface area (Å²) in [5.74, 6) is 2.82. The second-order valence-electron chi connectivity index (χ2n) is 21.4. The molecule has 0 aromatic carbocycles. The number of aliphatic hydroxyl groups is 2. The van der Waals surface area contributed by atoms with E-state index in [1.54, 1.807) is 0 Å². The number of hydrogen-bond donors (Lipinski definition) is 2. The molecular formula is C49H86O4. The molecule has 4 heteroatoms. The lowest BCUT2D eigenvalue weighted by atomic mass is 9.32. The number of ether oxygens (including phenoxy) is 1. The van der Waals surface area contributed by atoms with Crippen molar-refractivity contribution in [2.45, 2.75) is 222 Å². The number of aliphatic hydroxyl groups excluding tert-OH is 2. The van der Waals surface area contributed by atoms with E-state index in [1.807, 2.05) is 5.57 Å². The maximum Gasteiger partial charge on any atom is 0.195 e. The predicted octanol–water partition coefficient (Wildman–Crippen LogP) is 12.8. The van der Waals surface area contributed by atoms with Crippen LogP contribution in [0.2, 0.25) is 0 Å². The van der Waals surface area contributed by atoms with E-state index in [2.05, 4.69) is 68.4 Å². The predicted molar refractivity (Wildman–Crippen MR) is 222 cm³/mol. The van der Waals surface area contributed by atoms with E-state index in [9.17, 15) is 15.0 Å². The molecule has 0 bridgehead atoms. The molecule has 11 atom stereocenters. The summed E-state index contributed by atoms with van der Waals surface area (Å²) in [6.45, 7) is 22.5. The zero-order chi connectivity index (χ0) is 38.7. The highest BCUT2D eigenvalue weighted by Gasteiger charge is 2.71. The molecule has 5 aliphatic carbocycles. The van der Waals surface area contributed by atoms with Gasteiger partial charge in [0.15, 0.2) is 5.78 Å². The first kappa shape index (κ1) is 43.4. The van der Waals surface area contributed by atoms with E-state index in [0.717, 1.165) is 43.9 Å². The minimum atomic E-state index is -1.39. The van der Waals surface area contributed by atoms with Gasteiger partial charge in [-0.1, -0.05) is 157 Å². The second kappa shape index (κ2) is 17.4. The van der Waals surface area contributed by atoms with Crippen molar-refractivity contribution in [2.24, 2.45) is 56.7 Å². The Bertz CT molecular complexity index is 1240. The van der Waals surface area contributed by atoms with Gasteiger partial charge in [0, 0.05) is 12.0 Å². The molecule has 0 aromatic rings. The largest absolute Gasteiger partial charge is 0.393 e. The second-order valence-corrected chi connectivity index (χ2v) is 21.4. The normalized spacial score (nSPS) is 41.0. The molecule has 0 saturated heterocycles. The van der Waals surface area contributed by atoms with Crippen LogP contribution < -0.4 is 0 Å². The van der Waals surface area contributed by atoms with E-state index >= 15 is 0 Å². The molecule has 0 aliphatic heterocycles. The van der Waals surface area contributed by atoms with Crippen molar-refractivity contribution in [2.75, 3.05) is 13.2 Å². The number of hydrogen-bond acceptors (Lipinski definition) is 4. The Kier molecular flexibility index (Phi) is 14.3. The lowest BCUT2D eigenvalue weighted by Gasteiger charge is -2.72. The molecule has 0 aromatic heterocycles. The first-order valence-corrected chi connectivity index (χ1v) is 23.3. The summed E-state index contributed by atoms with van der Waals surface area (Å²) in [5.41, 5.74) is 1.26. The van der Waals surface area contributed by atoms with Crippen molar-refractivity contribution in [1.29, 1.82) is 0 Å². The zero-order valence-corrected chi connectivity index (χ0v) is 36.4. The number of unbranched alkanes of at least 4 members (excludes halogenated alkanes) is 13. The zero-order valence-electron chi connectivity index (χ0n) is 36.4. The highest BCUT2D eigenvalue weighted by Crippen LogP contribution is 2.76. The molecular weight excluding hydrogens is 653 g/mol. The summed E-state index contributed by atoms with van der Waals surface area (Å²) in [6, 6.07) is 0. The molecule has 4 saturated carbocycles. The maximum absolute atomic E-state index is 14.3. The Morgan fingerprint density at radius 2 is 1.34 bits per heavy atom. The number of rotatable bonds is 19. The van der Waals surface area contributed by atoms with Crippen LogP contribution in [0.5, 0.6) is 0 Å². The fourth-order valence-electron chi connectivity index (χ4n) is 14.5. The molecule has 53 heavy (non-hydrogen) atoms. The number of carbonyl (C=O) groups is 1. The summed E-state index contributed by atoms with van der Waals surface area (Å²) in [7, 11) is 0. The van der Waals surface area contributed by atoms with Gasteiger partial charge in [0.2, 0.25) is 0 Å². The number of carbonyl (C=O) groups excluding carboxylic acids is 1. The maximum atomic E-state index is 14.3. The van der Waals surface area contributed by atoms with E-state index in [1.165, 1.54) is 109 Å². The van der Waals surface area contributed by atoms with Crippen molar-refractivity contribution in [3.8, 4) is 0 Å². The van der Waals surface area contributed by atoms with Crippen molar-refractivity contribution >= 4 is 5.78 Å². The Morgan fingerprint density at radius 3 is 1.92 bits per heavy atom. The summed E-state index contributed by atoms with van der Waals surface area (Å²) in [6.07, 6.45) is 30.1. The quantitative estimate of drug-likeness (QED) is 0.102. The van der Waals surface area contributed by atoms with Crippen LogP contribution >= 0.6 is 0 Å². The topological polar surface area (TPSA) is 66.8 Å². The minimum absolute atomic E-state index is 0.0835. The monoisotopic (exact) mass is 739 g/mol. The van der Waals surface area contributed by atoms with Gasteiger partial charge < -0.3 is 14.9 Å². The van der Waals surface area contributed by atoms with Gasteiger partial charge in [-0.2, -0.15) is 0 Å². The van der Waals surface area contributed by atoms with Crippen LogP contribution in [0.15, 0.2) is 11.6 Å². The average molecular weight is 739 g/mol. The van der Waals surface area contributed by atoms with Gasteiger partial charge in [0.05, 0.1) is 6.61 Å². The van der Waals surface area contributed by atoms with Gasteiger partial charge in [-0.3, -0.25) is 4.79 Å². The lowest BCUT2D eigenvalue weighted by Crippen LogP contribution is -2.70. The summed E-state index contributed by atoms with van der Waals surface area (Å²) in [4.78, 5) is 14.3. The summed E-state index contributed by atoms with van der Waals surface area (Å²) in [5, 5.41) is 21.0. The molecule has 0 heterocycles. The van der Waals surface area contributed by atoms with Gasteiger partial charge in [-0.25, -0.2) is 0 Å². The highest BCUT2D eigenvalue weighted by molar-refractivity contribution is 5.92. The SMILES string of the molecule is CCCCCCCCCCCCCCCCOC1(C(=O)C(O)CO)CC[C@@]2(C)C(CC[C@]3(C)[C@@H]2CC=C2[C@@H]4[C@@H](C)[C@H](C)CC[C@]4(C)CC[C@]23C)C1(C)C. The van der Waals surface area contributed by atoms with Crippen LogP contribution in [0.25, 0.3) is 0 Å². The first-order valence-electron chi connectivity index (χ1n) is 23.3. The number of ketones is 1. The minimum Gasteiger partial charge on any atom is -0.393 e. The molecule has 2 N–H and O–H groups in total. The molecule has 4 fully saturated rings. The molecule has 0 radical (unpaired) electrons. The Morgan fingerprint density at radius 1 is 0.755 bits per heavy atom. The molecule has 5 aliphatic rings. The van der Waals surface area contributed by atoms with Crippen molar-refractivity contribution in [3.63, 3.8) is 0 Å². The Hall–Kier alpha value is -0.710. The fourth-order valence-corrected chi connectivity index (χ4v) is 14.5. The average Bonchev–Trinajstić information content (AvgIpc) is 3.12. The molecule has 306 valence electrons. The third kappa shape index (κ3) is 7.81. The number of Topliss-reactive ketones (excluding diaryl/α,β-unsaturated/α-hetero) is 1. The van der Waals surface area contributed by atoms with E-state index < -0.39 is 23.7 Å². The van der Waals surface area contributed by atoms with E-state index in [-0.39, 0.29) is 22.0 Å². The van der Waals surface area contributed by atoms with Gasteiger partial charge in [-0.05, 0) is 115 Å². The molecule has 3 unspecified atom stereocenters. The van der Waals surface area contributed by atoms with Crippen molar-refractivity contribution in [1.82, 2.24) is 0 Å². The van der Waals surface area contributed by atoms with Gasteiger partial charge >= 0.3 is 0 Å². The molecule has 5 rings (SSSR count). The standard InChI is InChI=1S/C49H86O4/c1-10-11-12-13-14-15-16-17-18-19-20-21-22-23-34-53-49(43(52)39(51)35-50)33-31-46(7)40(44(49,4)5)27-29-48(9)41(46)25-24-38-42-37(3)36(2)26-28-45(42,6)30-32-47(38,48)8/h24,36-37,39-42,50-51H,10-23,25-35H2,1-9H3/t36-,37+,39?,40?,41-,42+,45-,46+,47-,48-,49?/m1/s1. The van der Waals surface area contributed by atoms with Crippen LogP contribution in [-0.4, -0.2) is 40.9 Å². The Labute approximate surface area is 327 Å². The third-order valence-electron chi connectivity index (χ3n) is 18.3. The van der Waals surface area contributed by atoms with E-state index in [4.69, 9.17) is 4.74 Å². The van der Waals surface area contributed by atoms with E-state index in [0.29, 0.717) is 36.2 Å². The summed E-state index contributed by atoms with van der Waals surface area (Å²) < 4.78 is 6.90. The van der Waals surface area contributed by atoms with Crippen LogP contribution in [-0.2, 0) is 9.53 Å².